The Labute approximate surface area is 122 Å². The highest BCUT2D eigenvalue weighted by Crippen LogP contribution is 2.25. The van der Waals surface area contributed by atoms with Crippen molar-refractivity contribution in [2.24, 2.45) is 7.05 Å². The molecule has 5 nitrogen and oxygen atoms in total. The molecule has 0 aliphatic heterocycles. The SMILES string of the molecule is CCc1nn(C)c(CN(CC(=O)O)C(C)(C)C)c1Br. The first kappa shape index (κ1) is 16.2. The predicted molar refractivity (Wildman–Crippen MR) is 78.1 cm³/mol. The quantitative estimate of drug-likeness (QED) is 0.900. The van der Waals surface area contributed by atoms with Gasteiger partial charge in [-0.25, -0.2) is 0 Å². The number of aliphatic carboxylic acids is 1. The van der Waals surface area contributed by atoms with Crippen molar-refractivity contribution in [3.8, 4) is 0 Å². The smallest absolute Gasteiger partial charge is 0.317 e. The maximum atomic E-state index is 11.0. The van der Waals surface area contributed by atoms with Crippen LogP contribution in [0.4, 0.5) is 0 Å². The Morgan fingerprint density at radius 2 is 2.05 bits per heavy atom. The molecular formula is C13H22BrN3O2. The first-order chi connectivity index (χ1) is 8.66. The highest BCUT2D eigenvalue weighted by Gasteiger charge is 2.26. The predicted octanol–water partition coefficient (Wildman–Crippen LogP) is 2.43. The summed E-state index contributed by atoms with van der Waals surface area (Å²) >= 11 is 3.57. The molecule has 1 rings (SSSR count). The Bertz CT molecular complexity index is 463. The van der Waals surface area contributed by atoms with Gasteiger partial charge < -0.3 is 5.11 Å². The van der Waals surface area contributed by atoms with E-state index in [0.29, 0.717) is 6.54 Å². The Hall–Kier alpha value is -0.880. The van der Waals surface area contributed by atoms with Crippen molar-refractivity contribution in [1.29, 1.82) is 0 Å². The zero-order chi connectivity index (χ0) is 14.8. The topological polar surface area (TPSA) is 58.4 Å². The molecule has 0 radical (unpaired) electrons. The molecular weight excluding hydrogens is 310 g/mol. The third kappa shape index (κ3) is 4.04. The largest absolute Gasteiger partial charge is 0.480 e. The fourth-order valence-electron chi connectivity index (χ4n) is 1.87. The number of nitrogens with zero attached hydrogens (tertiary/aromatic N) is 3. The van der Waals surface area contributed by atoms with Crippen LogP contribution in [-0.4, -0.2) is 37.8 Å². The van der Waals surface area contributed by atoms with E-state index < -0.39 is 5.97 Å². The van der Waals surface area contributed by atoms with E-state index >= 15 is 0 Å². The van der Waals surface area contributed by atoms with Crippen LogP contribution >= 0.6 is 15.9 Å². The van der Waals surface area contributed by atoms with E-state index in [9.17, 15) is 4.79 Å². The molecule has 0 amide bonds. The van der Waals surface area contributed by atoms with Gasteiger partial charge >= 0.3 is 5.97 Å². The molecule has 19 heavy (non-hydrogen) atoms. The molecule has 0 saturated heterocycles. The van der Waals surface area contributed by atoms with Crippen LogP contribution in [0.5, 0.6) is 0 Å². The van der Waals surface area contributed by atoms with Gasteiger partial charge in [-0.05, 0) is 43.1 Å². The van der Waals surface area contributed by atoms with Gasteiger partial charge in [0, 0.05) is 19.1 Å². The second kappa shape index (κ2) is 6.05. The highest BCUT2D eigenvalue weighted by atomic mass is 79.9. The number of aromatic nitrogens is 2. The molecule has 0 unspecified atom stereocenters. The molecule has 1 aromatic rings. The van der Waals surface area contributed by atoms with E-state index in [1.807, 2.05) is 37.4 Å². The van der Waals surface area contributed by atoms with Crippen molar-refractivity contribution in [2.45, 2.75) is 46.2 Å². The third-order valence-electron chi connectivity index (χ3n) is 3.12. The molecule has 0 bridgehead atoms. The van der Waals surface area contributed by atoms with E-state index in [1.165, 1.54) is 0 Å². The van der Waals surface area contributed by atoms with Gasteiger partial charge in [-0.1, -0.05) is 6.92 Å². The first-order valence-corrected chi connectivity index (χ1v) is 7.13. The van der Waals surface area contributed by atoms with Crippen LogP contribution in [0, 0.1) is 0 Å². The van der Waals surface area contributed by atoms with Crippen molar-refractivity contribution < 1.29 is 9.90 Å². The lowest BCUT2D eigenvalue weighted by Crippen LogP contribution is -2.44. The summed E-state index contributed by atoms with van der Waals surface area (Å²) in [5.41, 5.74) is 1.80. The molecule has 1 N–H and O–H groups in total. The molecule has 0 spiro atoms. The molecule has 0 atom stereocenters. The van der Waals surface area contributed by atoms with Gasteiger partial charge in [0.25, 0.3) is 0 Å². The number of carbonyl (C=O) groups is 1. The van der Waals surface area contributed by atoms with Gasteiger partial charge in [0.05, 0.1) is 22.4 Å². The minimum absolute atomic E-state index is 0.0164. The van der Waals surface area contributed by atoms with E-state index in [4.69, 9.17) is 5.11 Å². The number of carboxylic acid groups (broad SMARTS) is 1. The van der Waals surface area contributed by atoms with Gasteiger partial charge in [0.2, 0.25) is 0 Å². The average molecular weight is 332 g/mol. The zero-order valence-corrected chi connectivity index (χ0v) is 13.8. The molecule has 6 heteroatoms. The van der Waals surface area contributed by atoms with Crippen LogP contribution in [0.15, 0.2) is 4.47 Å². The Morgan fingerprint density at radius 3 is 2.42 bits per heavy atom. The van der Waals surface area contributed by atoms with E-state index in [0.717, 1.165) is 22.3 Å². The van der Waals surface area contributed by atoms with Crippen LogP contribution in [0.1, 0.15) is 39.1 Å². The fraction of sp³-hybridized carbons (Fsp3) is 0.692. The summed E-state index contributed by atoms with van der Waals surface area (Å²) in [6, 6.07) is 0. The summed E-state index contributed by atoms with van der Waals surface area (Å²) < 4.78 is 2.81. The summed E-state index contributed by atoms with van der Waals surface area (Å²) in [4.78, 5) is 12.9. The molecule has 0 aliphatic carbocycles. The Morgan fingerprint density at radius 1 is 1.47 bits per heavy atom. The first-order valence-electron chi connectivity index (χ1n) is 6.33. The van der Waals surface area contributed by atoms with Crippen LogP contribution in [0.2, 0.25) is 0 Å². The van der Waals surface area contributed by atoms with Crippen LogP contribution < -0.4 is 0 Å². The summed E-state index contributed by atoms with van der Waals surface area (Å²) in [6.45, 7) is 8.67. The minimum Gasteiger partial charge on any atom is -0.480 e. The molecule has 0 aromatic carbocycles. The van der Waals surface area contributed by atoms with Crippen molar-refractivity contribution in [2.75, 3.05) is 6.54 Å². The van der Waals surface area contributed by atoms with Crippen molar-refractivity contribution in [3.63, 3.8) is 0 Å². The molecule has 1 heterocycles. The average Bonchev–Trinajstić information content (AvgIpc) is 2.53. The Balaban J connectivity index is 3.03. The minimum atomic E-state index is -0.816. The summed E-state index contributed by atoms with van der Waals surface area (Å²) in [5.74, 6) is -0.816. The number of hydrogen-bond donors (Lipinski definition) is 1. The number of aryl methyl sites for hydroxylation is 2. The number of halogens is 1. The zero-order valence-electron chi connectivity index (χ0n) is 12.2. The highest BCUT2D eigenvalue weighted by molar-refractivity contribution is 9.10. The second-order valence-corrected chi connectivity index (χ2v) is 6.40. The summed E-state index contributed by atoms with van der Waals surface area (Å²) in [7, 11) is 1.89. The van der Waals surface area contributed by atoms with Crippen molar-refractivity contribution in [1.82, 2.24) is 14.7 Å². The fourth-order valence-corrected chi connectivity index (χ4v) is 2.61. The molecule has 0 saturated carbocycles. The lowest BCUT2D eigenvalue weighted by molar-refractivity contribution is -0.140. The second-order valence-electron chi connectivity index (χ2n) is 5.61. The summed E-state index contributed by atoms with van der Waals surface area (Å²) in [6.07, 6.45) is 0.850. The van der Waals surface area contributed by atoms with Gasteiger partial charge in [0.1, 0.15) is 0 Å². The van der Waals surface area contributed by atoms with E-state index in [1.54, 1.807) is 0 Å². The molecule has 0 fully saturated rings. The van der Waals surface area contributed by atoms with Crippen LogP contribution in [0.25, 0.3) is 0 Å². The molecule has 108 valence electrons. The normalized spacial score (nSPS) is 12.2. The van der Waals surface area contributed by atoms with Gasteiger partial charge in [-0.2, -0.15) is 5.10 Å². The third-order valence-corrected chi connectivity index (χ3v) is 4.03. The van der Waals surface area contributed by atoms with Crippen LogP contribution in [0.3, 0.4) is 0 Å². The lowest BCUT2D eigenvalue weighted by Gasteiger charge is -2.34. The maximum Gasteiger partial charge on any atom is 0.317 e. The van der Waals surface area contributed by atoms with Crippen molar-refractivity contribution in [3.05, 3.63) is 15.9 Å². The molecule has 1 aromatic heterocycles. The van der Waals surface area contributed by atoms with E-state index in [-0.39, 0.29) is 12.1 Å². The van der Waals surface area contributed by atoms with Crippen LogP contribution in [-0.2, 0) is 24.8 Å². The number of hydrogen-bond acceptors (Lipinski definition) is 3. The molecule has 0 aliphatic rings. The van der Waals surface area contributed by atoms with Gasteiger partial charge in [0.15, 0.2) is 0 Å². The van der Waals surface area contributed by atoms with Gasteiger partial charge in [-0.15, -0.1) is 0 Å². The van der Waals surface area contributed by atoms with E-state index in [2.05, 4.69) is 28.0 Å². The number of carboxylic acids is 1. The van der Waals surface area contributed by atoms with Gasteiger partial charge in [-0.3, -0.25) is 14.4 Å². The maximum absolute atomic E-state index is 11.0. The lowest BCUT2D eigenvalue weighted by atomic mass is 10.1. The monoisotopic (exact) mass is 331 g/mol. The Kier molecular flexibility index (Phi) is 5.15. The standard InChI is InChI=1S/C13H22BrN3O2/c1-6-9-12(14)10(16(5)15-9)7-17(8-11(18)19)13(2,3)4/h6-8H2,1-5H3,(H,18,19). The number of rotatable bonds is 5. The van der Waals surface area contributed by atoms with Crippen molar-refractivity contribution >= 4 is 21.9 Å². The summed E-state index contributed by atoms with van der Waals surface area (Å²) in [5, 5.41) is 13.5.